The van der Waals surface area contributed by atoms with E-state index in [1.54, 1.807) is 21.3 Å². The van der Waals surface area contributed by atoms with Gasteiger partial charge in [-0.2, -0.15) is 0 Å². The monoisotopic (exact) mass is 486 g/mol. The van der Waals surface area contributed by atoms with Crippen molar-refractivity contribution in [1.82, 2.24) is 20.1 Å². The van der Waals surface area contributed by atoms with Crippen molar-refractivity contribution < 1.29 is 23.7 Å². The van der Waals surface area contributed by atoms with Crippen LogP contribution in [0.5, 0.6) is 23.0 Å². The highest BCUT2D eigenvalue weighted by atomic mass is 32.2. The molecule has 0 saturated carbocycles. The van der Waals surface area contributed by atoms with Crippen LogP contribution in [-0.2, 0) is 4.79 Å². The number of carbonyl (C=O) groups excluding carboxylic acids is 1. The summed E-state index contributed by atoms with van der Waals surface area (Å²) in [6.45, 7) is 6.36. The lowest BCUT2D eigenvalue weighted by Gasteiger charge is -2.15. The molecule has 9 nitrogen and oxygen atoms in total. The van der Waals surface area contributed by atoms with Gasteiger partial charge in [0.25, 0.3) is 0 Å². The first-order chi connectivity index (χ1) is 16.4. The van der Waals surface area contributed by atoms with Crippen LogP contribution in [-0.4, -0.2) is 60.4 Å². The summed E-state index contributed by atoms with van der Waals surface area (Å²) in [4.78, 5) is 12.3. The summed E-state index contributed by atoms with van der Waals surface area (Å²) < 4.78 is 23.9. The summed E-state index contributed by atoms with van der Waals surface area (Å²) in [5, 5.41) is 12.3. The summed E-state index contributed by atoms with van der Waals surface area (Å²) in [5.41, 5.74) is 1.54. The van der Waals surface area contributed by atoms with Crippen molar-refractivity contribution in [2.24, 2.45) is 0 Å². The predicted molar refractivity (Wildman–Crippen MR) is 132 cm³/mol. The van der Waals surface area contributed by atoms with E-state index >= 15 is 0 Å². The van der Waals surface area contributed by atoms with Crippen LogP contribution < -0.4 is 24.3 Å². The molecule has 3 aromatic rings. The first kappa shape index (κ1) is 25.2. The van der Waals surface area contributed by atoms with Crippen molar-refractivity contribution in [3.63, 3.8) is 0 Å². The van der Waals surface area contributed by atoms with Crippen LogP contribution in [0.2, 0.25) is 0 Å². The maximum Gasteiger partial charge on any atom is 0.230 e. The van der Waals surface area contributed by atoms with Crippen LogP contribution in [0, 0.1) is 0 Å². The molecule has 1 amide bonds. The standard InChI is InChI=1S/C24H30N4O5S/c1-7-33-18-10-8-17(9-11-18)28-23(26-27-24(28)34-14-21(29)25-15(2)3)16-12-19(30-4)22(32-6)20(13-16)31-5/h8-13,15H,7,14H2,1-6H3,(H,25,29). The lowest BCUT2D eigenvalue weighted by atomic mass is 10.1. The van der Waals surface area contributed by atoms with Crippen LogP contribution in [0.15, 0.2) is 41.6 Å². The van der Waals surface area contributed by atoms with E-state index in [2.05, 4.69) is 15.5 Å². The highest BCUT2D eigenvalue weighted by molar-refractivity contribution is 7.99. The molecule has 1 N–H and O–H groups in total. The number of rotatable bonds is 11. The summed E-state index contributed by atoms with van der Waals surface area (Å²) in [6.07, 6.45) is 0. The molecule has 0 fully saturated rings. The number of ether oxygens (including phenoxy) is 4. The van der Waals surface area contributed by atoms with E-state index < -0.39 is 0 Å². The number of hydrogen-bond acceptors (Lipinski definition) is 8. The van der Waals surface area contributed by atoms with Crippen molar-refractivity contribution in [2.45, 2.75) is 32.0 Å². The third-order valence-corrected chi connectivity index (χ3v) is 5.67. The van der Waals surface area contributed by atoms with Crippen LogP contribution in [0.1, 0.15) is 20.8 Å². The Bertz CT molecular complexity index is 1090. The average Bonchev–Trinajstić information content (AvgIpc) is 3.26. The Labute approximate surface area is 203 Å². The Morgan fingerprint density at radius 1 is 1.03 bits per heavy atom. The molecule has 0 radical (unpaired) electrons. The Morgan fingerprint density at radius 2 is 1.68 bits per heavy atom. The van der Waals surface area contributed by atoms with Gasteiger partial charge in [0.05, 0.1) is 33.7 Å². The van der Waals surface area contributed by atoms with Crippen LogP contribution in [0.4, 0.5) is 0 Å². The zero-order valence-electron chi connectivity index (χ0n) is 20.2. The minimum atomic E-state index is -0.0735. The fraction of sp³-hybridized carbons (Fsp3) is 0.375. The molecule has 0 bridgehead atoms. The van der Waals surface area contributed by atoms with Gasteiger partial charge in [-0.05, 0) is 57.2 Å². The van der Waals surface area contributed by atoms with E-state index in [9.17, 15) is 4.79 Å². The van der Waals surface area contributed by atoms with Crippen molar-refractivity contribution >= 4 is 17.7 Å². The predicted octanol–water partition coefficient (Wildman–Crippen LogP) is 3.98. The fourth-order valence-electron chi connectivity index (χ4n) is 3.35. The second-order valence-electron chi connectivity index (χ2n) is 7.49. The molecule has 0 aliphatic heterocycles. The van der Waals surface area contributed by atoms with E-state index in [0.717, 1.165) is 17.0 Å². The number of carbonyl (C=O) groups is 1. The molecule has 0 unspecified atom stereocenters. The summed E-state index contributed by atoms with van der Waals surface area (Å²) in [7, 11) is 4.68. The molecule has 1 heterocycles. The Balaban J connectivity index is 2.09. The summed E-state index contributed by atoms with van der Waals surface area (Å²) in [5.74, 6) is 2.96. The Hall–Kier alpha value is -3.40. The van der Waals surface area contributed by atoms with Crippen molar-refractivity contribution in [1.29, 1.82) is 0 Å². The molecule has 0 atom stereocenters. The fourth-order valence-corrected chi connectivity index (χ4v) is 4.11. The lowest BCUT2D eigenvalue weighted by molar-refractivity contribution is -0.119. The minimum absolute atomic E-state index is 0.0619. The number of thioether (sulfide) groups is 1. The van der Waals surface area contributed by atoms with E-state index in [-0.39, 0.29) is 17.7 Å². The molecule has 10 heteroatoms. The third-order valence-electron chi connectivity index (χ3n) is 4.74. The SMILES string of the molecule is CCOc1ccc(-n2c(SCC(=O)NC(C)C)nnc2-c2cc(OC)c(OC)c(OC)c2)cc1. The zero-order chi connectivity index (χ0) is 24.7. The number of benzene rings is 2. The van der Waals surface area contributed by atoms with Crippen LogP contribution in [0.3, 0.4) is 0 Å². The number of nitrogens with one attached hydrogen (secondary N) is 1. The van der Waals surface area contributed by atoms with Gasteiger partial charge in [-0.3, -0.25) is 9.36 Å². The van der Waals surface area contributed by atoms with Crippen LogP contribution in [0.25, 0.3) is 17.1 Å². The topological polar surface area (TPSA) is 96.7 Å². The smallest absolute Gasteiger partial charge is 0.230 e. The highest BCUT2D eigenvalue weighted by Gasteiger charge is 2.21. The molecule has 182 valence electrons. The molecule has 1 aromatic heterocycles. The maximum absolute atomic E-state index is 12.3. The molecule has 2 aromatic carbocycles. The molecule has 0 saturated heterocycles. The van der Waals surface area contributed by atoms with Gasteiger partial charge in [0.1, 0.15) is 5.75 Å². The number of methoxy groups -OCH3 is 3. The van der Waals surface area contributed by atoms with Gasteiger partial charge < -0.3 is 24.3 Å². The average molecular weight is 487 g/mol. The Morgan fingerprint density at radius 3 is 2.21 bits per heavy atom. The molecule has 0 aliphatic carbocycles. The second-order valence-corrected chi connectivity index (χ2v) is 8.44. The van der Waals surface area contributed by atoms with Gasteiger partial charge in [-0.25, -0.2) is 0 Å². The first-order valence-corrected chi connectivity index (χ1v) is 11.8. The summed E-state index contributed by atoms with van der Waals surface area (Å²) in [6, 6.07) is 11.3. The maximum atomic E-state index is 12.3. The normalized spacial score (nSPS) is 10.8. The number of nitrogens with zero attached hydrogens (tertiary/aromatic N) is 3. The van der Waals surface area contributed by atoms with Crippen molar-refractivity contribution in [3.8, 4) is 40.1 Å². The van der Waals surface area contributed by atoms with Gasteiger partial charge in [-0.15, -0.1) is 10.2 Å². The van der Waals surface area contributed by atoms with Gasteiger partial charge in [0.15, 0.2) is 22.5 Å². The largest absolute Gasteiger partial charge is 0.494 e. The van der Waals surface area contributed by atoms with E-state index in [4.69, 9.17) is 18.9 Å². The third kappa shape index (κ3) is 5.74. The zero-order valence-corrected chi connectivity index (χ0v) is 21.1. The van der Waals surface area contributed by atoms with E-state index in [1.165, 1.54) is 11.8 Å². The van der Waals surface area contributed by atoms with E-state index in [0.29, 0.717) is 34.8 Å². The van der Waals surface area contributed by atoms with Gasteiger partial charge in [0, 0.05) is 17.3 Å². The molecule has 0 aliphatic rings. The van der Waals surface area contributed by atoms with Gasteiger partial charge in [-0.1, -0.05) is 11.8 Å². The second kappa shape index (κ2) is 11.6. The van der Waals surface area contributed by atoms with Gasteiger partial charge in [0.2, 0.25) is 11.7 Å². The summed E-state index contributed by atoms with van der Waals surface area (Å²) >= 11 is 1.31. The number of hydrogen-bond donors (Lipinski definition) is 1. The van der Waals surface area contributed by atoms with Gasteiger partial charge >= 0.3 is 0 Å². The molecule has 3 rings (SSSR count). The molecular weight excluding hydrogens is 456 g/mol. The molecule has 34 heavy (non-hydrogen) atoms. The number of amides is 1. The van der Waals surface area contributed by atoms with Crippen molar-refractivity contribution in [3.05, 3.63) is 36.4 Å². The molecular formula is C24H30N4O5S. The van der Waals surface area contributed by atoms with E-state index in [1.807, 2.05) is 61.7 Å². The molecule has 0 spiro atoms. The first-order valence-electron chi connectivity index (χ1n) is 10.8. The van der Waals surface area contributed by atoms with Crippen LogP contribution >= 0.6 is 11.8 Å². The Kier molecular flexibility index (Phi) is 8.64. The minimum Gasteiger partial charge on any atom is -0.494 e. The number of aromatic nitrogens is 3. The van der Waals surface area contributed by atoms with Crippen molar-refractivity contribution in [2.75, 3.05) is 33.7 Å². The highest BCUT2D eigenvalue weighted by Crippen LogP contribution is 2.41. The lowest BCUT2D eigenvalue weighted by Crippen LogP contribution is -2.31. The quantitative estimate of drug-likeness (QED) is 0.407.